The Bertz CT molecular complexity index is 1620. The minimum Gasteiger partial charge on any atom is -0.493 e. The molecule has 0 aliphatic rings. The molecule has 1 atom stereocenters. The summed E-state index contributed by atoms with van der Waals surface area (Å²) >= 11 is 1.35. The molecule has 1 unspecified atom stereocenters. The monoisotopic (exact) mass is 609 g/mol. The van der Waals surface area contributed by atoms with Crippen LogP contribution >= 0.6 is 11.8 Å². The van der Waals surface area contributed by atoms with Crippen molar-refractivity contribution in [2.45, 2.75) is 30.9 Å². The first-order valence-corrected chi connectivity index (χ1v) is 15.2. The molecule has 0 saturated carbocycles. The van der Waals surface area contributed by atoms with Crippen LogP contribution in [-0.4, -0.2) is 36.2 Å². The van der Waals surface area contributed by atoms with E-state index in [-0.39, 0.29) is 11.6 Å². The lowest BCUT2D eigenvalue weighted by Gasteiger charge is -2.16. The van der Waals surface area contributed by atoms with Gasteiger partial charge < -0.3 is 25.4 Å². The lowest BCUT2D eigenvalue weighted by atomic mass is 10.1. The molecule has 9 heteroatoms. The largest absolute Gasteiger partial charge is 0.493 e. The number of ether oxygens (including phenoxy) is 2. The van der Waals surface area contributed by atoms with Crippen molar-refractivity contribution in [2.24, 2.45) is 0 Å². The van der Waals surface area contributed by atoms with E-state index in [1.807, 2.05) is 69.3 Å². The van der Waals surface area contributed by atoms with Crippen molar-refractivity contribution in [1.82, 2.24) is 5.32 Å². The van der Waals surface area contributed by atoms with E-state index < -0.39 is 17.1 Å². The molecule has 4 aromatic rings. The summed E-state index contributed by atoms with van der Waals surface area (Å²) in [7, 11) is 0. The summed E-state index contributed by atoms with van der Waals surface area (Å²) in [5, 5.41) is 8.13. The van der Waals surface area contributed by atoms with Gasteiger partial charge in [-0.2, -0.15) is 0 Å². The normalized spacial score (nSPS) is 11.7. The van der Waals surface area contributed by atoms with Crippen molar-refractivity contribution in [1.29, 1.82) is 0 Å². The number of carbonyl (C=O) groups excluding carboxylic acids is 3. The van der Waals surface area contributed by atoms with Crippen molar-refractivity contribution < 1.29 is 23.9 Å². The average Bonchev–Trinajstić information content (AvgIpc) is 3.03. The second-order valence-corrected chi connectivity index (χ2v) is 10.9. The number of nitrogens with one attached hydrogen (secondary N) is 3. The molecule has 226 valence electrons. The maximum Gasteiger partial charge on any atom is 0.272 e. The zero-order chi connectivity index (χ0) is 31.3. The van der Waals surface area contributed by atoms with E-state index in [9.17, 15) is 14.4 Å². The molecule has 4 rings (SSSR count). The predicted molar refractivity (Wildman–Crippen MR) is 176 cm³/mol. The number of hydrogen-bond acceptors (Lipinski definition) is 6. The Balaban J connectivity index is 1.51. The molecule has 0 spiro atoms. The molecule has 0 fully saturated rings. The van der Waals surface area contributed by atoms with Crippen molar-refractivity contribution >= 4 is 46.9 Å². The molecule has 8 nitrogen and oxygen atoms in total. The Morgan fingerprint density at radius 2 is 1.43 bits per heavy atom. The van der Waals surface area contributed by atoms with Gasteiger partial charge in [0.05, 0.1) is 24.2 Å². The summed E-state index contributed by atoms with van der Waals surface area (Å²) in [6, 6.07) is 30.4. The third-order valence-electron chi connectivity index (χ3n) is 6.27. The summed E-state index contributed by atoms with van der Waals surface area (Å²) in [6.07, 6.45) is 1.59. The molecule has 0 bridgehead atoms. The van der Waals surface area contributed by atoms with Crippen molar-refractivity contribution in [3.05, 3.63) is 120 Å². The zero-order valence-corrected chi connectivity index (χ0v) is 25.6. The summed E-state index contributed by atoms with van der Waals surface area (Å²) < 4.78 is 11.3. The highest BCUT2D eigenvalue weighted by Crippen LogP contribution is 2.29. The van der Waals surface area contributed by atoms with Crippen LogP contribution in [0.5, 0.6) is 11.5 Å². The van der Waals surface area contributed by atoms with Gasteiger partial charge in [0.25, 0.3) is 11.8 Å². The number of benzene rings is 4. The Labute approximate surface area is 261 Å². The van der Waals surface area contributed by atoms with Gasteiger partial charge >= 0.3 is 0 Å². The van der Waals surface area contributed by atoms with Crippen LogP contribution in [0.3, 0.4) is 0 Å². The van der Waals surface area contributed by atoms with Gasteiger partial charge in [0, 0.05) is 21.7 Å². The summed E-state index contributed by atoms with van der Waals surface area (Å²) in [5.41, 5.74) is 2.22. The van der Waals surface area contributed by atoms with Crippen LogP contribution < -0.4 is 25.4 Å². The van der Waals surface area contributed by atoms with Crippen molar-refractivity contribution in [3.63, 3.8) is 0 Å². The number of thioether (sulfide) groups is 1. The Kier molecular flexibility index (Phi) is 11.6. The molecular weight excluding hydrogens is 574 g/mol. The molecule has 0 radical (unpaired) electrons. The van der Waals surface area contributed by atoms with Crippen molar-refractivity contribution in [3.8, 4) is 11.5 Å². The average molecular weight is 610 g/mol. The first-order valence-electron chi connectivity index (χ1n) is 14.3. The van der Waals surface area contributed by atoms with Gasteiger partial charge in [-0.3, -0.25) is 14.4 Å². The van der Waals surface area contributed by atoms with Gasteiger partial charge in [-0.1, -0.05) is 54.6 Å². The minimum absolute atomic E-state index is 0.0461. The first-order chi connectivity index (χ1) is 21.4. The van der Waals surface area contributed by atoms with Gasteiger partial charge in [-0.05, 0) is 75.4 Å². The minimum atomic E-state index is -0.513. The summed E-state index contributed by atoms with van der Waals surface area (Å²) in [4.78, 5) is 40.4. The third-order valence-corrected chi connectivity index (χ3v) is 7.36. The van der Waals surface area contributed by atoms with Gasteiger partial charge in [0.15, 0.2) is 0 Å². The fraction of sp³-hybridized carbons (Fsp3) is 0.171. The first kappa shape index (κ1) is 31.9. The Morgan fingerprint density at radius 3 is 2.18 bits per heavy atom. The molecular formula is C35H35N3O5S. The fourth-order valence-electron chi connectivity index (χ4n) is 4.17. The maximum atomic E-state index is 13.6. The van der Waals surface area contributed by atoms with Crippen LogP contribution in [0.2, 0.25) is 0 Å². The molecule has 3 N–H and O–H groups in total. The third kappa shape index (κ3) is 8.99. The molecule has 0 saturated heterocycles. The second-order valence-electron chi connectivity index (χ2n) is 9.51. The molecule has 3 amide bonds. The van der Waals surface area contributed by atoms with E-state index in [0.29, 0.717) is 47.2 Å². The SMILES string of the molecule is CCOc1ccccc1/C=C(/NC(=O)c1ccccc1)C(=O)Nc1cccc(SC(C)C(=O)Nc2ccccc2OCC)c1. The second kappa shape index (κ2) is 16.0. The summed E-state index contributed by atoms with van der Waals surface area (Å²) in [5.74, 6) is 0.0801. The number of rotatable bonds is 13. The maximum absolute atomic E-state index is 13.6. The number of amides is 3. The van der Waals surface area contributed by atoms with Gasteiger partial charge in [0.1, 0.15) is 17.2 Å². The molecule has 0 aliphatic heterocycles. The van der Waals surface area contributed by atoms with E-state index in [2.05, 4.69) is 16.0 Å². The van der Waals surface area contributed by atoms with E-state index in [1.54, 1.807) is 60.7 Å². The Hall–Kier alpha value is -5.02. The number of hydrogen-bond donors (Lipinski definition) is 3. The van der Waals surface area contributed by atoms with E-state index >= 15 is 0 Å². The Morgan fingerprint density at radius 1 is 0.773 bits per heavy atom. The van der Waals surface area contributed by atoms with Crippen LogP contribution in [0.25, 0.3) is 6.08 Å². The lowest BCUT2D eigenvalue weighted by Crippen LogP contribution is -2.30. The molecule has 44 heavy (non-hydrogen) atoms. The van der Waals surface area contributed by atoms with Crippen LogP contribution in [-0.2, 0) is 9.59 Å². The number of carbonyl (C=O) groups is 3. The smallest absolute Gasteiger partial charge is 0.272 e. The lowest BCUT2D eigenvalue weighted by molar-refractivity contribution is -0.115. The highest BCUT2D eigenvalue weighted by molar-refractivity contribution is 8.00. The fourth-order valence-corrected chi connectivity index (χ4v) is 5.10. The molecule has 0 aliphatic carbocycles. The highest BCUT2D eigenvalue weighted by atomic mass is 32.2. The summed E-state index contributed by atoms with van der Waals surface area (Å²) in [6.45, 7) is 6.51. The van der Waals surface area contributed by atoms with Crippen LogP contribution in [0.4, 0.5) is 11.4 Å². The number of para-hydroxylation sites is 3. The standard InChI is InChI=1S/C35H35N3O5S/c1-4-42-31-20-11-9-16-26(31)22-30(38-34(40)25-14-7-6-8-15-25)35(41)36-27-17-13-18-28(23-27)44-24(3)33(39)37-29-19-10-12-21-32(29)43-5-2/h6-24H,4-5H2,1-3H3,(H,36,41)(H,37,39)(H,38,40)/b30-22+. The van der Waals surface area contributed by atoms with Crippen LogP contribution in [0.15, 0.2) is 114 Å². The topological polar surface area (TPSA) is 106 Å². The number of anilines is 2. The zero-order valence-electron chi connectivity index (χ0n) is 24.8. The van der Waals surface area contributed by atoms with Crippen molar-refractivity contribution in [2.75, 3.05) is 23.8 Å². The van der Waals surface area contributed by atoms with Crippen LogP contribution in [0, 0.1) is 0 Å². The molecule has 0 aromatic heterocycles. The van der Waals surface area contributed by atoms with E-state index in [1.165, 1.54) is 11.8 Å². The highest BCUT2D eigenvalue weighted by Gasteiger charge is 2.19. The van der Waals surface area contributed by atoms with E-state index in [0.717, 1.165) is 4.90 Å². The molecule has 4 aromatic carbocycles. The van der Waals surface area contributed by atoms with Gasteiger partial charge in [-0.25, -0.2) is 0 Å². The predicted octanol–water partition coefficient (Wildman–Crippen LogP) is 7.01. The molecule has 0 heterocycles. The van der Waals surface area contributed by atoms with Crippen LogP contribution in [0.1, 0.15) is 36.7 Å². The quantitative estimate of drug-likeness (QED) is 0.111. The van der Waals surface area contributed by atoms with Gasteiger partial charge in [0.2, 0.25) is 5.91 Å². The van der Waals surface area contributed by atoms with Gasteiger partial charge in [-0.15, -0.1) is 11.8 Å². The van der Waals surface area contributed by atoms with E-state index in [4.69, 9.17) is 9.47 Å².